The summed E-state index contributed by atoms with van der Waals surface area (Å²) >= 11 is 0. The Morgan fingerprint density at radius 3 is 1.33 bits per heavy atom. The smallest absolute Gasteiger partial charge is 0.397 e. The Balaban J connectivity index is 2.02. The van der Waals surface area contributed by atoms with E-state index in [-0.39, 0.29) is 24.4 Å². The molecule has 0 aromatic carbocycles. The fourth-order valence-corrected chi connectivity index (χ4v) is 12.3. The van der Waals surface area contributed by atoms with Crippen LogP contribution in [0, 0.1) is 29.6 Å². The molecular formula is C61H116O17S. The van der Waals surface area contributed by atoms with E-state index in [1.165, 1.54) is 135 Å². The Morgan fingerprint density at radius 2 is 0.886 bits per heavy atom. The summed E-state index contributed by atoms with van der Waals surface area (Å²) < 4.78 is 67.3. The molecule has 0 amide bonds. The van der Waals surface area contributed by atoms with Crippen LogP contribution in [0.2, 0.25) is 0 Å². The number of esters is 2. The van der Waals surface area contributed by atoms with Crippen molar-refractivity contribution in [1.29, 1.82) is 0 Å². The number of rotatable bonds is 48. The summed E-state index contributed by atoms with van der Waals surface area (Å²) in [5.74, 6) is -1.29. The van der Waals surface area contributed by atoms with E-state index in [1.54, 1.807) is 6.92 Å². The predicted octanol–water partition coefficient (Wildman–Crippen LogP) is 11.4. The van der Waals surface area contributed by atoms with Gasteiger partial charge in [-0.05, 0) is 62.2 Å². The first-order valence-electron chi connectivity index (χ1n) is 31.7. The van der Waals surface area contributed by atoms with Gasteiger partial charge in [0.2, 0.25) is 6.29 Å². The molecule has 2 aliphatic rings. The van der Waals surface area contributed by atoms with Crippen molar-refractivity contribution in [3.63, 3.8) is 0 Å². The largest absolute Gasteiger partial charge is 0.455 e. The summed E-state index contributed by atoms with van der Waals surface area (Å²) in [7, 11) is -5.32. The van der Waals surface area contributed by atoms with Gasteiger partial charge in [-0.1, -0.05) is 222 Å². The van der Waals surface area contributed by atoms with Crippen molar-refractivity contribution in [2.24, 2.45) is 29.6 Å². The highest BCUT2D eigenvalue weighted by Crippen LogP contribution is 2.35. The van der Waals surface area contributed by atoms with Gasteiger partial charge in [0.05, 0.1) is 25.2 Å². The molecule has 2 saturated heterocycles. The van der Waals surface area contributed by atoms with Crippen LogP contribution in [0.1, 0.15) is 267 Å². The van der Waals surface area contributed by atoms with Gasteiger partial charge in [-0.15, -0.1) is 0 Å². The highest BCUT2D eigenvalue weighted by molar-refractivity contribution is 7.80. The molecule has 0 saturated carbocycles. The van der Waals surface area contributed by atoms with E-state index in [1.807, 2.05) is 6.92 Å². The van der Waals surface area contributed by atoms with Gasteiger partial charge in [0, 0.05) is 6.42 Å². The predicted molar refractivity (Wildman–Crippen MR) is 307 cm³/mol. The van der Waals surface area contributed by atoms with Crippen molar-refractivity contribution in [1.82, 2.24) is 0 Å². The Labute approximate surface area is 478 Å². The maximum Gasteiger partial charge on any atom is 0.397 e. The molecule has 0 spiro atoms. The Bertz CT molecular complexity index is 1640. The van der Waals surface area contributed by atoms with E-state index >= 15 is 0 Å². The first-order chi connectivity index (χ1) is 37.8. The van der Waals surface area contributed by atoms with Gasteiger partial charge < -0.3 is 54.3 Å². The van der Waals surface area contributed by atoms with Gasteiger partial charge in [0.25, 0.3) is 0 Å². The van der Waals surface area contributed by atoms with Crippen molar-refractivity contribution in [3.8, 4) is 0 Å². The van der Waals surface area contributed by atoms with Gasteiger partial charge in [-0.2, -0.15) is 8.42 Å². The van der Waals surface area contributed by atoms with E-state index in [0.717, 1.165) is 64.2 Å². The molecule has 18 heteroatoms. The van der Waals surface area contributed by atoms with Crippen molar-refractivity contribution >= 4 is 22.3 Å². The van der Waals surface area contributed by atoms with Crippen LogP contribution < -0.4 is 0 Å². The van der Waals surface area contributed by atoms with Gasteiger partial charge in [0.1, 0.15) is 30.5 Å². The zero-order chi connectivity index (χ0) is 58.6. The first-order valence-corrected chi connectivity index (χ1v) is 33.1. The van der Waals surface area contributed by atoms with Crippen molar-refractivity contribution in [2.75, 3.05) is 13.2 Å². The van der Waals surface area contributed by atoms with E-state index in [0.29, 0.717) is 24.7 Å². The maximum absolute atomic E-state index is 14.1. The molecule has 0 bridgehead atoms. The minimum absolute atomic E-state index is 0.0275. The second-order valence-corrected chi connectivity index (χ2v) is 25.4. The third-order valence-electron chi connectivity index (χ3n) is 16.4. The lowest BCUT2D eigenvalue weighted by Crippen LogP contribution is -2.65. The average Bonchev–Trinajstić information content (AvgIpc) is 3.40. The zero-order valence-electron chi connectivity index (χ0n) is 50.3. The quantitative estimate of drug-likeness (QED) is 0.0170. The summed E-state index contributed by atoms with van der Waals surface area (Å²) in [6.07, 6.45) is 19.1. The lowest BCUT2D eigenvalue weighted by molar-refractivity contribution is -0.374. The molecule has 17 nitrogen and oxygen atoms in total. The molecule has 2 aliphatic heterocycles. The zero-order valence-corrected chi connectivity index (χ0v) is 51.1. The fraction of sp³-hybridized carbons (Fsp3) is 0.967. The van der Waals surface area contributed by atoms with Crippen LogP contribution in [-0.2, 0) is 47.9 Å². The Morgan fingerprint density at radius 1 is 0.494 bits per heavy atom. The molecule has 16 atom stereocenters. The standard InChI is InChI=1S/C61H116O17S/c1-8-10-12-14-16-18-20-22-23-25-27-29-31-33-35-37-52(65)75-56-54(67)51(43-63)74-61(77-60-57(78-79(70,71)72)55(68)53(66)50(42-62)73-60)58(56)76-59(69)48(7)41-46(5)39-44(3)38-45(4)40-47(6)49(64)36-34-32-30-28-26-24-21-19-17-15-13-11-9-2/h44-51,53-58,60-64,66-68H,8-43H2,1-7H3,(H,70,71,72)/t44-,45+,46-,47+,48-,49-,50-,51+,53-,54+,55+,56-,57-,58+,60-,61+/m1/s1. The number of unbranched alkanes of at least 4 members (excludes halogenated alkanes) is 26. The monoisotopic (exact) mass is 1150 g/mol. The summed E-state index contributed by atoms with van der Waals surface area (Å²) in [6.45, 7) is 13.0. The number of aliphatic hydroxyl groups is 6. The molecule has 2 heterocycles. The van der Waals surface area contributed by atoms with Crippen LogP contribution in [0.4, 0.5) is 0 Å². The minimum atomic E-state index is -5.32. The van der Waals surface area contributed by atoms with Crippen LogP contribution >= 0.6 is 0 Å². The number of aliphatic hydroxyl groups excluding tert-OH is 6. The summed E-state index contributed by atoms with van der Waals surface area (Å²) in [6, 6.07) is 0. The normalized spacial score (nSPS) is 26.1. The number of hydrogen-bond acceptors (Lipinski definition) is 16. The Kier molecular flexibility index (Phi) is 40.2. The molecule has 0 aromatic heterocycles. The van der Waals surface area contributed by atoms with Gasteiger partial charge in [-0.25, -0.2) is 4.18 Å². The molecule has 2 rings (SSSR count). The van der Waals surface area contributed by atoms with Crippen LogP contribution in [0.3, 0.4) is 0 Å². The molecule has 0 radical (unpaired) electrons. The second kappa shape index (κ2) is 43.1. The van der Waals surface area contributed by atoms with Crippen LogP contribution in [0.25, 0.3) is 0 Å². The van der Waals surface area contributed by atoms with Crippen LogP contribution in [0.5, 0.6) is 0 Å². The van der Waals surface area contributed by atoms with Gasteiger partial charge in [0.15, 0.2) is 24.6 Å². The third kappa shape index (κ3) is 31.8. The topological polar surface area (TPSA) is 265 Å². The molecule has 79 heavy (non-hydrogen) atoms. The number of hydrogen-bond donors (Lipinski definition) is 7. The second-order valence-electron chi connectivity index (χ2n) is 24.3. The van der Waals surface area contributed by atoms with E-state index in [9.17, 15) is 53.2 Å². The molecule has 7 N–H and O–H groups in total. The van der Waals surface area contributed by atoms with Crippen molar-refractivity contribution < 1.29 is 81.1 Å². The Hall–Kier alpha value is -1.55. The number of carbonyl (C=O) groups is 2. The number of carbonyl (C=O) groups excluding carboxylic acids is 2. The summed E-state index contributed by atoms with van der Waals surface area (Å²) in [4.78, 5) is 27.6. The minimum Gasteiger partial charge on any atom is -0.455 e. The van der Waals surface area contributed by atoms with Crippen LogP contribution in [0.15, 0.2) is 0 Å². The lowest BCUT2D eigenvalue weighted by atomic mass is 9.82. The SMILES string of the molecule is CCCCCCCCCCCCCCCCCC(=O)O[C@@H]1[C@@H](O)[C@H](CO)O[C@@H](O[C@H]2O[C@H](CO)[C@@H](O)[C@H](O)[C@H]2OS(=O)(=O)O)[C@H]1OC(=O)[C@H](C)C[C@H](C)C[C@H](C)C[C@H](C)C[C@H](C)[C@H](O)CCCCCCCCCCCCCCC. The molecule has 0 aromatic rings. The third-order valence-corrected chi connectivity index (χ3v) is 16.9. The summed E-state index contributed by atoms with van der Waals surface area (Å²) in [5.41, 5.74) is 0. The van der Waals surface area contributed by atoms with Crippen molar-refractivity contribution in [3.05, 3.63) is 0 Å². The summed E-state index contributed by atoms with van der Waals surface area (Å²) in [5, 5.41) is 64.2. The average molecular weight is 1150 g/mol. The first kappa shape index (κ1) is 73.6. The molecule has 468 valence electrons. The highest BCUT2D eigenvalue weighted by Gasteiger charge is 2.55. The van der Waals surface area contributed by atoms with E-state index < -0.39 is 103 Å². The van der Waals surface area contributed by atoms with E-state index in [2.05, 4.69) is 38.8 Å². The lowest BCUT2D eigenvalue weighted by Gasteiger charge is -2.46. The van der Waals surface area contributed by atoms with Crippen molar-refractivity contribution in [2.45, 2.75) is 334 Å². The molecule has 2 fully saturated rings. The van der Waals surface area contributed by atoms with Gasteiger partial charge in [-0.3, -0.25) is 14.1 Å². The van der Waals surface area contributed by atoms with Crippen LogP contribution in [-0.4, -0.2) is 136 Å². The molecular weight excluding hydrogens is 1040 g/mol. The van der Waals surface area contributed by atoms with E-state index in [4.69, 9.17) is 23.7 Å². The molecule has 0 unspecified atom stereocenters. The van der Waals surface area contributed by atoms with Gasteiger partial charge >= 0.3 is 22.3 Å². The maximum atomic E-state index is 14.1. The molecule has 0 aliphatic carbocycles. The number of ether oxygens (including phenoxy) is 5. The fourth-order valence-electron chi connectivity index (χ4n) is 11.9. The highest BCUT2D eigenvalue weighted by atomic mass is 32.3.